The summed E-state index contributed by atoms with van der Waals surface area (Å²) in [5.74, 6) is -0.277. The van der Waals surface area contributed by atoms with E-state index in [-0.39, 0.29) is 22.2 Å². The van der Waals surface area contributed by atoms with Gasteiger partial charge in [0.2, 0.25) is 5.91 Å². The summed E-state index contributed by atoms with van der Waals surface area (Å²) in [4.78, 5) is 40.8. The number of nitrogens with zero attached hydrogens (tertiary/aromatic N) is 2. The van der Waals surface area contributed by atoms with E-state index in [9.17, 15) is 14.4 Å². The minimum absolute atomic E-state index is 0.00175. The minimum atomic E-state index is -1.07. The normalized spacial score (nSPS) is 11.6. The van der Waals surface area contributed by atoms with Crippen LogP contribution in [-0.2, 0) is 4.79 Å². The molecule has 0 saturated heterocycles. The second kappa shape index (κ2) is 12.2. The van der Waals surface area contributed by atoms with Crippen molar-refractivity contribution >= 4 is 40.6 Å². The Bertz CT molecular complexity index is 1240. The van der Waals surface area contributed by atoms with Crippen LogP contribution in [0.2, 0.25) is 0 Å². The number of methoxy groups -OCH3 is 2. The number of rotatable bonds is 11. The molecule has 1 unspecified atom stereocenters. The summed E-state index contributed by atoms with van der Waals surface area (Å²) in [7, 11) is 3.07. The third kappa shape index (κ3) is 6.36. The van der Waals surface area contributed by atoms with Gasteiger partial charge in [-0.3, -0.25) is 19.3 Å². The van der Waals surface area contributed by atoms with Crippen molar-refractivity contribution < 1.29 is 23.9 Å². The maximum atomic E-state index is 14.0. The van der Waals surface area contributed by atoms with E-state index < -0.39 is 17.9 Å². The summed E-state index contributed by atoms with van der Waals surface area (Å²) in [5, 5.41) is 2.95. The van der Waals surface area contributed by atoms with Gasteiger partial charge >= 0.3 is 0 Å². The van der Waals surface area contributed by atoms with E-state index in [0.29, 0.717) is 35.2 Å². The van der Waals surface area contributed by atoms with Gasteiger partial charge in [0.05, 0.1) is 19.9 Å². The third-order valence-electron chi connectivity index (χ3n) is 5.68. The fraction of sp³-hybridized carbons (Fsp3) is 0.308. The summed E-state index contributed by atoms with van der Waals surface area (Å²) in [5.41, 5.74) is 12.1. The number of nitrogen functional groups attached to an aromatic ring is 1. The number of aromatic nitrogens is 1. The van der Waals surface area contributed by atoms with Crippen LogP contribution in [0.25, 0.3) is 0 Å². The Labute approximate surface area is 219 Å². The number of nitrogens with one attached hydrogen (secondary N) is 1. The van der Waals surface area contributed by atoms with E-state index in [1.165, 1.54) is 12.0 Å². The molecule has 0 aliphatic carbocycles. The molecule has 0 aliphatic heterocycles. The summed E-state index contributed by atoms with van der Waals surface area (Å²) >= 11 is 0.752. The summed E-state index contributed by atoms with van der Waals surface area (Å²) in [6, 6.07) is 12.5. The second-order valence-electron chi connectivity index (χ2n) is 8.66. The van der Waals surface area contributed by atoms with Crippen molar-refractivity contribution in [3.8, 4) is 11.5 Å². The average molecular weight is 526 g/mol. The van der Waals surface area contributed by atoms with Crippen molar-refractivity contribution in [2.45, 2.75) is 26.3 Å². The zero-order valence-corrected chi connectivity index (χ0v) is 22.0. The molecular formula is C26H31N5O5S. The number of carbonyl (C=O) groups is 3. The number of hydrogen-bond donors (Lipinski definition) is 3. The van der Waals surface area contributed by atoms with Crippen LogP contribution in [-0.4, -0.2) is 42.9 Å². The van der Waals surface area contributed by atoms with E-state index in [1.54, 1.807) is 55.6 Å². The van der Waals surface area contributed by atoms with Crippen LogP contribution in [0.5, 0.6) is 11.5 Å². The van der Waals surface area contributed by atoms with E-state index in [1.807, 2.05) is 0 Å². The number of anilines is 2. The highest BCUT2D eigenvalue weighted by atomic mass is 32.1. The molecule has 10 nitrogen and oxygen atoms in total. The van der Waals surface area contributed by atoms with Gasteiger partial charge in [-0.25, -0.2) is 0 Å². The van der Waals surface area contributed by atoms with Gasteiger partial charge in [0, 0.05) is 12.2 Å². The van der Waals surface area contributed by atoms with E-state index in [2.05, 4.69) is 23.5 Å². The van der Waals surface area contributed by atoms with Crippen LogP contribution < -0.4 is 31.2 Å². The number of amides is 3. The van der Waals surface area contributed by atoms with Crippen LogP contribution in [0.1, 0.15) is 52.0 Å². The first-order valence-electron chi connectivity index (χ1n) is 11.6. The van der Waals surface area contributed by atoms with E-state index in [0.717, 1.165) is 18.0 Å². The highest BCUT2D eigenvalue weighted by Gasteiger charge is 2.36. The number of carbonyl (C=O) groups excluding carboxylic acids is 3. The lowest BCUT2D eigenvalue weighted by molar-refractivity contribution is -0.122. The lowest BCUT2D eigenvalue weighted by Gasteiger charge is -2.31. The molecule has 0 radical (unpaired) electrons. The van der Waals surface area contributed by atoms with Crippen molar-refractivity contribution in [1.29, 1.82) is 0 Å². The molecule has 0 saturated carbocycles. The van der Waals surface area contributed by atoms with Crippen molar-refractivity contribution in [3.63, 3.8) is 0 Å². The molecule has 0 aliphatic rings. The van der Waals surface area contributed by atoms with Gasteiger partial charge < -0.3 is 26.3 Å². The standard InChI is InChI=1S/C26H31N5O5S/c1-15(2)13-14-29-25(33)22(16-5-9-18(35-3)10-6-16)31(17-7-11-19(36-4)12-8-17)26(34)23-20(27)21(24(28)32)30-37-23/h5-12,15,22H,13-14,27H2,1-4H3,(H2,28,32)(H,29,33). The monoisotopic (exact) mass is 525 g/mol. The van der Waals surface area contributed by atoms with Gasteiger partial charge in [0.15, 0.2) is 5.69 Å². The smallest absolute Gasteiger partial charge is 0.273 e. The van der Waals surface area contributed by atoms with Gasteiger partial charge in [-0.15, -0.1) is 0 Å². The number of hydrogen-bond acceptors (Lipinski definition) is 8. The molecule has 2 aromatic carbocycles. The molecule has 3 aromatic rings. The molecule has 11 heteroatoms. The lowest BCUT2D eigenvalue weighted by atomic mass is 10.0. The molecule has 0 fully saturated rings. The predicted molar refractivity (Wildman–Crippen MR) is 143 cm³/mol. The first-order chi connectivity index (χ1) is 17.7. The van der Waals surface area contributed by atoms with Gasteiger partial charge in [-0.1, -0.05) is 26.0 Å². The maximum Gasteiger partial charge on any atom is 0.273 e. The molecule has 5 N–H and O–H groups in total. The Morgan fingerprint density at radius 1 is 1.00 bits per heavy atom. The summed E-state index contributed by atoms with van der Waals surface area (Å²) < 4.78 is 14.5. The summed E-state index contributed by atoms with van der Waals surface area (Å²) in [6.07, 6.45) is 0.765. The van der Waals surface area contributed by atoms with Crippen LogP contribution >= 0.6 is 11.5 Å². The van der Waals surface area contributed by atoms with Gasteiger partial charge in [-0.05, 0) is 65.8 Å². The quantitative estimate of drug-likeness (QED) is 0.347. The molecule has 37 heavy (non-hydrogen) atoms. The molecule has 196 valence electrons. The molecule has 0 bridgehead atoms. The number of ether oxygens (including phenoxy) is 2. The highest BCUT2D eigenvalue weighted by molar-refractivity contribution is 7.09. The molecule has 1 aromatic heterocycles. The average Bonchev–Trinajstić information content (AvgIpc) is 3.28. The SMILES string of the molecule is COc1ccc(C(C(=O)NCCC(C)C)N(C(=O)c2snc(C(N)=O)c2N)c2ccc(OC)cc2)cc1. The van der Waals surface area contributed by atoms with Gasteiger partial charge in [-0.2, -0.15) is 4.37 Å². The van der Waals surface area contributed by atoms with Crippen LogP contribution in [0.15, 0.2) is 48.5 Å². The van der Waals surface area contributed by atoms with Crippen molar-refractivity contribution in [2.75, 3.05) is 31.4 Å². The van der Waals surface area contributed by atoms with Gasteiger partial charge in [0.1, 0.15) is 22.4 Å². The minimum Gasteiger partial charge on any atom is -0.497 e. The van der Waals surface area contributed by atoms with Crippen molar-refractivity contribution in [3.05, 3.63) is 64.7 Å². The largest absolute Gasteiger partial charge is 0.497 e. The highest BCUT2D eigenvalue weighted by Crippen LogP contribution is 2.34. The fourth-order valence-corrected chi connectivity index (χ4v) is 4.39. The Hall–Kier alpha value is -4.12. The van der Waals surface area contributed by atoms with Crippen LogP contribution in [0.3, 0.4) is 0 Å². The Kier molecular flexibility index (Phi) is 9.07. The fourth-order valence-electron chi connectivity index (χ4n) is 3.65. The number of primary amides is 1. The number of nitrogens with two attached hydrogens (primary N) is 2. The Balaban J connectivity index is 2.16. The van der Waals surface area contributed by atoms with E-state index >= 15 is 0 Å². The molecule has 3 rings (SSSR count). The van der Waals surface area contributed by atoms with E-state index in [4.69, 9.17) is 20.9 Å². The molecule has 1 heterocycles. The second-order valence-corrected chi connectivity index (χ2v) is 9.43. The van der Waals surface area contributed by atoms with Gasteiger partial charge in [0.25, 0.3) is 11.8 Å². The van der Waals surface area contributed by atoms with Crippen molar-refractivity contribution in [1.82, 2.24) is 9.69 Å². The lowest BCUT2D eigenvalue weighted by Crippen LogP contribution is -2.44. The molecule has 0 spiro atoms. The zero-order chi connectivity index (χ0) is 27.1. The van der Waals surface area contributed by atoms with Crippen LogP contribution in [0, 0.1) is 5.92 Å². The summed E-state index contributed by atoms with van der Waals surface area (Å²) in [6.45, 7) is 4.55. The topological polar surface area (TPSA) is 150 Å². The number of benzene rings is 2. The molecular weight excluding hydrogens is 494 g/mol. The first-order valence-corrected chi connectivity index (χ1v) is 12.4. The van der Waals surface area contributed by atoms with Crippen LogP contribution in [0.4, 0.5) is 11.4 Å². The predicted octanol–water partition coefficient (Wildman–Crippen LogP) is 3.39. The maximum absolute atomic E-state index is 14.0. The third-order valence-corrected chi connectivity index (χ3v) is 6.53. The molecule has 3 amide bonds. The molecule has 1 atom stereocenters. The Morgan fingerprint density at radius 2 is 1.57 bits per heavy atom. The Morgan fingerprint density at radius 3 is 2.05 bits per heavy atom. The van der Waals surface area contributed by atoms with Crippen molar-refractivity contribution in [2.24, 2.45) is 11.7 Å². The first kappa shape index (κ1) is 27.5. The zero-order valence-electron chi connectivity index (χ0n) is 21.2.